The average Bonchev–Trinajstić information content (AvgIpc) is 2.22. The van der Waals surface area contributed by atoms with Crippen molar-refractivity contribution in [3.05, 3.63) is 0 Å². The molecule has 0 aliphatic rings. The van der Waals surface area contributed by atoms with Gasteiger partial charge in [0.2, 0.25) is 0 Å². The smallest absolute Gasteiger partial charge is 0.320 e. The van der Waals surface area contributed by atoms with Gasteiger partial charge in [-0.25, -0.2) is 0 Å². The van der Waals surface area contributed by atoms with Crippen LogP contribution in [0.15, 0.2) is 0 Å². The van der Waals surface area contributed by atoms with Crippen LogP contribution >= 0.6 is 0 Å². The van der Waals surface area contributed by atoms with E-state index in [1.165, 1.54) is 18.7 Å². The summed E-state index contributed by atoms with van der Waals surface area (Å²) in [7, 11) is 0. The lowest BCUT2D eigenvalue weighted by Gasteiger charge is -2.27. The molecule has 0 spiro atoms. The van der Waals surface area contributed by atoms with Crippen LogP contribution in [-0.4, -0.2) is 57.3 Å². The Bertz CT molecular complexity index is 303. The molecule has 0 aromatic rings. The van der Waals surface area contributed by atoms with Crippen molar-refractivity contribution in [3.63, 3.8) is 0 Å². The summed E-state index contributed by atoms with van der Waals surface area (Å²) in [6, 6.07) is -0.906. The summed E-state index contributed by atoms with van der Waals surface area (Å²) >= 11 is 0. The molecule has 2 unspecified atom stereocenters. The predicted octanol–water partition coefficient (Wildman–Crippen LogP) is -0.0431. The number of hydrogen-bond donors (Lipinski definition) is 3. The van der Waals surface area contributed by atoms with E-state index in [1.807, 2.05) is 0 Å². The van der Waals surface area contributed by atoms with Crippen molar-refractivity contribution in [3.8, 4) is 0 Å². The van der Waals surface area contributed by atoms with Crippen molar-refractivity contribution in [1.82, 2.24) is 4.90 Å². The van der Waals surface area contributed by atoms with E-state index in [1.54, 1.807) is 0 Å². The number of nitrogens with zero attached hydrogens (tertiary/aromatic N) is 1. The Balaban J connectivity index is 4.55. The molecule has 0 rings (SSSR count). The first-order valence-electron chi connectivity index (χ1n) is 5.17. The number of carboxylic acids is 3. The number of carbonyl (C=O) groups is 3. The van der Waals surface area contributed by atoms with Crippen molar-refractivity contribution < 1.29 is 29.7 Å². The van der Waals surface area contributed by atoms with Crippen molar-refractivity contribution in [2.75, 3.05) is 13.1 Å². The fourth-order valence-electron chi connectivity index (χ4n) is 1.27. The van der Waals surface area contributed by atoms with Crippen LogP contribution in [0.5, 0.6) is 0 Å². The van der Waals surface area contributed by atoms with E-state index in [2.05, 4.69) is 0 Å². The highest BCUT2D eigenvalue weighted by Gasteiger charge is 2.25. The maximum Gasteiger partial charge on any atom is 0.320 e. The third-order valence-corrected chi connectivity index (χ3v) is 2.45. The normalized spacial score (nSPS) is 14.3. The highest BCUT2D eigenvalue weighted by Crippen LogP contribution is 2.07. The molecular formula is C10H17NO6. The number of rotatable bonds is 8. The second-order valence-corrected chi connectivity index (χ2v) is 3.89. The highest BCUT2D eigenvalue weighted by atomic mass is 16.4. The highest BCUT2D eigenvalue weighted by molar-refractivity contribution is 5.73. The maximum absolute atomic E-state index is 10.8. The zero-order chi connectivity index (χ0) is 13.6. The van der Waals surface area contributed by atoms with E-state index >= 15 is 0 Å². The van der Waals surface area contributed by atoms with Crippen LogP contribution in [0.1, 0.15) is 20.3 Å². The van der Waals surface area contributed by atoms with E-state index in [0.29, 0.717) is 0 Å². The van der Waals surface area contributed by atoms with Crippen LogP contribution in [0.3, 0.4) is 0 Å². The molecule has 0 fully saturated rings. The molecule has 0 amide bonds. The van der Waals surface area contributed by atoms with Gasteiger partial charge in [-0.2, -0.15) is 0 Å². The minimum Gasteiger partial charge on any atom is -0.481 e. The molecule has 98 valence electrons. The van der Waals surface area contributed by atoms with E-state index in [9.17, 15) is 14.4 Å². The maximum atomic E-state index is 10.8. The van der Waals surface area contributed by atoms with E-state index in [-0.39, 0.29) is 19.5 Å². The Morgan fingerprint density at radius 1 is 1.06 bits per heavy atom. The lowest BCUT2D eigenvalue weighted by molar-refractivity contribution is -0.147. The molecule has 0 aromatic carbocycles. The summed E-state index contributed by atoms with van der Waals surface area (Å²) in [5.74, 6) is -3.93. The van der Waals surface area contributed by atoms with Crippen molar-refractivity contribution in [1.29, 1.82) is 0 Å². The molecule has 0 radical (unpaired) electrons. The molecule has 0 aliphatic heterocycles. The SMILES string of the molecule is CC(CN(CCC(=O)O)C(C)C(=O)O)C(=O)O. The molecule has 2 atom stereocenters. The minimum atomic E-state index is -1.10. The quantitative estimate of drug-likeness (QED) is 0.551. The van der Waals surface area contributed by atoms with Gasteiger partial charge in [-0.05, 0) is 6.92 Å². The van der Waals surface area contributed by atoms with Crippen molar-refractivity contribution in [2.24, 2.45) is 5.92 Å². The van der Waals surface area contributed by atoms with Crippen molar-refractivity contribution in [2.45, 2.75) is 26.3 Å². The topological polar surface area (TPSA) is 115 Å². The van der Waals surface area contributed by atoms with Gasteiger partial charge >= 0.3 is 17.9 Å². The van der Waals surface area contributed by atoms with Gasteiger partial charge in [-0.1, -0.05) is 6.92 Å². The Morgan fingerprint density at radius 2 is 1.59 bits per heavy atom. The second-order valence-electron chi connectivity index (χ2n) is 3.89. The first-order chi connectivity index (χ1) is 7.75. The molecular weight excluding hydrogens is 230 g/mol. The molecule has 0 aliphatic carbocycles. The van der Waals surface area contributed by atoms with Crippen LogP contribution in [0.2, 0.25) is 0 Å². The van der Waals surface area contributed by atoms with Gasteiger partial charge in [0.15, 0.2) is 0 Å². The van der Waals surface area contributed by atoms with Crippen molar-refractivity contribution >= 4 is 17.9 Å². The summed E-state index contributed by atoms with van der Waals surface area (Å²) in [5, 5.41) is 26.1. The lowest BCUT2D eigenvalue weighted by atomic mass is 10.1. The number of aliphatic carboxylic acids is 3. The predicted molar refractivity (Wildman–Crippen MR) is 57.7 cm³/mol. The molecule has 0 heterocycles. The Kier molecular flexibility index (Phi) is 6.19. The number of carboxylic acid groups (broad SMARTS) is 3. The monoisotopic (exact) mass is 247 g/mol. The summed E-state index contributed by atoms with van der Waals surface area (Å²) in [6.07, 6.45) is -0.218. The van der Waals surface area contributed by atoms with Gasteiger partial charge in [-0.3, -0.25) is 19.3 Å². The summed E-state index contributed by atoms with van der Waals surface area (Å²) in [4.78, 5) is 33.2. The lowest BCUT2D eigenvalue weighted by Crippen LogP contribution is -2.43. The third-order valence-electron chi connectivity index (χ3n) is 2.45. The Labute approximate surface area is 98.7 Å². The fraction of sp³-hybridized carbons (Fsp3) is 0.700. The van der Waals surface area contributed by atoms with Crippen LogP contribution in [0.25, 0.3) is 0 Å². The van der Waals surface area contributed by atoms with E-state index < -0.39 is 29.9 Å². The molecule has 7 nitrogen and oxygen atoms in total. The van der Waals surface area contributed by atoms with Gasteiger partial charge in [-0.15, -0.1) is 0 Å². The molecule has 17 heavy (non-hydrogen) atoms. The first-order valence-corrected chi connectivity index (χ1v) is 5.17. The molecule has 0 saturated heterocycles. The number of hydrogen-bond acceptors (Lipinski definition) is 4. The van der Waals surface area contributed by atoms with Gasteiger partial charge in [0.1, 0.15) is 6.04 Å². The molecule has 3 N–H and O–H groups in total. The van der Waals surface area contributed by atoms with Crippen LogP contribution < -0.4 is 0 Å². The zero-order valence-corrected chi connectivity index (χ0v) is 9.79. The Morgan fingerprint density at radius 3 is 1.94 bits per heavy atom. The fourth-order valence-corrected chi connectivity index (χ4v) is 1.27. The van der Waals surface area contributed by atoms with Crippen LogP contribution in [0, 0.1) is 5.92 Å². The molecule has 0 bridgehead atoms. The van der Waals surface area contributed by atoms with Crippen LogP contribution in [-0.2, 0) is 14.4 Å². The molecule has 0 saturated carbocycles. The first kappa shape index (κ1) is 15.4. The second kappa shape index (κ2) is 6.85. The molecule has 0 aromatic heterocycles. The summed E-state index contributed by atoms with van der Waals surface area (Å²) in [6.45, 7) is 2.87. The van der Waals surface area contributed by atoms with Gasteiger partial charge in [0.25, 0.3) is 0 Å². The third kappa shape index (κ3) is 5.86. The van der Waals surface area contributed by atoms with Gasteiger partial charge < -0.3 is 15.3 Å². The standard InChI is InChI=1S/C10H17NO6/c1-6(9(14)15)5-11(4-3-8(12)13)7(2)10(16)17/h6-7H,3-5H2,1-2H3,(H,12,13)(H,14,15)(H,16,17). The van der Waals surface area contributed by atoms with E-state index in [0.717, 1.165) is 0 Å². The Hall–Kier alpha value is -1.63. The zero-order valence-electron chi connectivity index (χ0n) is 9.79. The van der Waals surface area contributed by atoms with Crippen LogP contribution in [0.4, 0.5) is 0 Å². The summed E-state index contributed by atoms with van der Waals surface area (Å²) < 4.78 is 0. The summed E-state index contributed by atoms with van der Waals surface area (Å²) in [5.41, 5.74) is 0. The largest absolute Gasteiger partial charge is 0.481 e. The van der Waals surface area contributed by atoms with Gasteiger partial charge in [0, 0.05) is 13.1 Å². The van der Waals surface area contributed by atoms with Gasteiger partial charge in [0.05, 0.1) is 12.3 Å². The van der Waals surface area contributed by atoms with E-state index in [4.69, 9.17) is 15.3 Å². The average molecular weight is 247 g/mol. The minimum absolute atomic E-state index is 0.0100. The molecule has 7 heteroatoms.